The van der Waals surface area contributed by atoms with E-state index in [0.29, 0.717) is 17.4 Å². The van der Waals surface area contributed by atoms with Crippen molar-refractivity contribution in [2.75, 3.05) is 0 Å². The first-order valence-electron chi connectivity index (χ1n) is 12.1. The Morgan fingerprint density at radius 2 is 1.63 bits per heavy atom. The van der Waals surface area contributed by atoms with Gasteiger partial charge in [0, 0.05) is 11.6 Å². The number of hydrogen-bond donors (Lipinski definition) is 2. The summed E-state index contributed by atoms with van der Waals surface area (Å²) in [6, 6.07) is 0.396. The summed E-state index contributed by atoms with van der Waals surface area (Å²) in [5, 5.41) is 23.5. The fourth-order valence-electron chi connectivity index (χ4n) is 8.47. The van der Waals surface area contributed by atoms with Gasteiger partial charge in [0.2, 0.25) is 0 Å². The van der Waals surface area contributed by atoms with E-state index in [9.17, 15) is 10.3 Å². The molecule has 1 heterocycles. The number of nitrogens with zero attached hydrogens (tertiary/aromatic N) is 1. The van der Waals surface area contributed by atoms with Crippen molar-refractivity contribution in [3.05, 3.63) is 0 Å². The van der Waals surface area contributed by atoms with E-state index >= 15 is 0 Å². The van der Waals surface area contributed by atoms with Crippen LogP contribution in [0.2, 0.25) is 0 Å². The number of aliphatic hydroxyl groups excluding tert-OH is 1. The summed E-state index contributed by atoms with van der Waals surface area (Å²) in [4.78, 5) is 0. The summed E-state index contributed by atoms with van der Waals surface area (Å²) in [6.07, 6.45) is 15.5. The van der Waals surface area contributed by atoms with E-state index in [1.807, 2.05) is 5.06 Å². The van der Waals surface area contributed by atoms with Gasteiger partial charge in [0.05, 0.1) is 6.10 Å². The molecule has 0 aromatic heterocycles. The Hall–Kier alpha value is -0.120. The Balaban J connectivity index is 1.54. The first-order valence-corrected chi connectivity index (χ1v) is 12.1. The second-order valence-corrected chi connectivity index (χ2v) is 10.9. The predicted molar refractivity (Wildman–Crippen MR) is 110 cm³/mol. The molecule has 4 fully saturated rings. The molecule has 3 nitrogen and oxygen atoms in total. The topological polar surface area (TPSA) is 43.7 Å². The molecule has 3 heteroatoms. The Morgan fingerprint density at radius 3 is 2.33 bits per heavy atom. The molecule has 0 spiro atoms. The zero-order chi connectivity index (χ0) is 19.2. The van der Waals surface area contributed by atoms with Crippen LogP contribution in [0.1, 0.15) is 104 Å². The number of piperidine rings is 1. The summed E-state index contributed by atoms with van der Waals surface area (Å²) in [6.45, 7) is 7.10. The van der Waals surface area contributed by atoms with Crippen LogP contribution in [0.5, 0.6) is 0 Å². The van der Waals surface area contributed by atoms with E-state index < -0.39 is 0 Å². The number of rotatable bonds is 4. The summed E-state index contributed by atoms with van der Waals surface area (Å²) in [5.74, 6) is 3.05. The van der Waals surface area contributed by atoms with Gasteiger partial charge < -0.3 is 10.3 Å². The molecule has 4 aliphatic rings. The van der Waals surface area contributed by atoms with Gasteiger partial charge in [-0.15, -0.1) is 0 Å². The number of aliphatic hydroxyl groups is 1. The molecule has 4 rings (SSSR count). The summed E-state index contributed by atoms with van der Waals surface area (Å²) < 4.78 is 0. The average Bonchev–Trinajstić information content (AvgIpc) is 2.65. The Morgan fingerprint density at radius 1 is 0.889 bits per heavy atom. The Labute approximate surface area is 166 Å². The highest BCUT2D eigenvalue weighted by Crippen LogP contribution is 2.62. The van der Waals surface area contributed by atoms with E-state index in [2.05, 4.69) is 20.8 Å². The fourth-order valence-corrected chi connectivity index (χ4v) is 8.47. The van der Waals surface area contributed by atoms with E-state index in [0.717, 1.165) is 43.4 Å². The number of hydrogen-bond acceptors (Lipinski definition) is 3. The van der Waals surface area contributed by atoms with Gasteiger partial charge >= 0.3 is 0 Å². The molecule has 1 saturated heterocycles. The van der Waals surface area contributed by atoms with Gasteiger partial charge in [0.15, 0.2) is 0 Å². The predicted octanol–water partition coefficient (Wildman–Crippen LogP) is 5.78. The van der Waals surface area contributed by atoms with Crippen LogP contribution in [0.25, 0.3) is 0 Å². The SMILES string of the molecule is CCCC1(CCC)CCC2C3CCC4CC(O)CCC4(C)C3CCC2N1O. The van der Waals surface area contributed by atoms with Crippen molar-refractivity contribution in [1.29, 1.82) is 0 Å². The van der Waals surface area contributed by atoms with Crippen LogP contribution in [0.15, 0.2) is 0 Å². The van der Waals surface area contributed by atoms with Crippen LogP contribution >= 0.6 is 0 Å². The van der Waals surface area contributed by atoms with Crippen molar-refractivity contribution in [2.45, 2.75) is 122 Å². The fraction of sp³-hybridized carbons (Fsp3) is 1.00. The highest BCUT2D eigenvalue weighted by atomic mass is 16.5. The maximum atomic E-state index is 11.4. The van der Waals surface area contributed by atoms with Crippen molar-refractivity contribution >= 4 is 0 Å². The van der Waals surface area contributed by atoms with Crippen molar-refractivity contribution in [3.8, 4) is 0 Å². The molecular formula is C24H43NO2. The summed E-state index contributed by atoms with van der Waals surface area (Å²) >= 11 is 0. The molecule has 0 radical (unpaired) electrons. The molecule has 0 amide bonds. The molecule has 2 N–H and O–H groups in total. The van der Waals surface area contributed by atoms with Crippen LogP contribution in [-0.2, 0) is 0 Å². The van der Waals surface area contributed by atoms with Crippen LogP contribution in [0.4, 0.5) is 0 Å². The largest absolute Gasteiger partial charge is 0.393 e. The van der Waals surface area contributed by atoms with Gasteiger partial charge in [-0.2, -0.15) is 5.06 Å². The molecule has 3 aliphatic carbocycles. The maximum Gasteiger partial charge on any atom is 0.0543 e. The minimum atomic E-state index is -0.0534. The molecule has 3 saturated carbocycles. The molecule has 0 bridgehead atoms. The van der Waals surface area contributed by atoms with E-state index in [1.54, 1.807) is 0 Å². The number of fused-ring (bicyclic) bond motifs is 5. The van der Waals surface area contributed by atoms with Crippen molar-refractivity contribution in [2.24, 2.45) is 29.1 Å². The second-order valence-electron chi connectivity index (χ2n) is 10.9. The molecule has 27 heavy (non-hydrogen) atoms. The van der Waals surface area contributed by atoms with Gasteiger partial charge in [-0.1, -0.05) is 33.6 Å². The lowest BCUT2D eigenvalue weighted by Gasteiger charge is -2.62. The molecule has 0 aromatic rings. The molecule has 1 aliphatic heterocycles. The van der Waals surface area contributed by atoms with Crippen LogP contribution < -0.4 is 0 Å². The minimum absolute atomic E-state index is 0.0492. The van der Waals surface area contributed by atoms with Gasteiger partial charge in [-0.05, 0) is 99.7 Å². The van der Waals surface area contributed by atoms with Gasteiger partial charge in [-0.3, -0.25) is 0 Å². The lowest BCUT2D eigenvalue weighted by Crippen LogP contribution is -2.63. The third kappa shape index (κ3) is 3.20. The molecule has 156 valence electrons. The van der Waals surface area contributed by atoms with Gasteiger partial charge in [0.25, 0.3) is 0 Å². The standard InChI is InChI=1S/C24H43NO2/c1-4-12-24(13-5-2)15-11-20-19-7-6-17-16-18(26)10-14-23(17,3)21(19)8-9-22(20)25(24)27/h17-22,26-27H,4-16H2,1-3H3. The van der Waals surface area contributed by atoms with Crippen LogP contribution in [-0.4, -0.2) is 33.1 Å². The lowest BCUT2D eigenvalue weighted by molar-refractivity contribution is -0.264. The number of hydroxylamine groups is 2. The minimum Gasteiger partial charge on any atom is -0.393 e. The molecular weight excluding hydrogens is 334 g/mol. The smallest absolute Gasteiger partial charge is 0.0543 e. The van der Waals surface area contributed by atoms with E-state index in [-0.39, 0.29) is 11.6 Å². The first kappa shape index (κ1) is 20.2. The third-order valence-corrected chi connectivity index (χ3v) is 9.71. The normalized spacial score (nSPS) is 47.0. The lowest BCUT2D eigenvalue weighted by atomic mass is 9.46. The van der Waals surface area contributed by atoms with Gasteiger partial charge in [-0.25, -0.2) is 0 Å². The summed E-state index contributed by atoms with van der Waals surface area (Å²) in [5.41, 5.74) is 0.488. The van der Waals surface area contributed by atoms with Crippen LogP contribution in [0, 0.1) is 29.1 Å². The van der Waals surface area contributed by atoms with Crippen LogP contribution in [0.3, 0.4) is 0 Å². The molecule has 7 unspecified atom stereocenters. The highest BCUT2D eigenvalue weighted by Gasteiger charge is 2.57. The highest BCUT2D eigenvalue weighted by molar-refractivity contribution is 5.08. The van der Waals surface area contributed by atoms with Crippen molar-refractivity contribution < 1.29 is 10.3 Å². The zero-order valence-electron chi connectivity index (χ0n) is 18.0. The Bertz CT molecular complexity index is 517. The average molecular weight is 378 g/mol. The summed E-state index contributed by atoms with van der Waals surface area (Å²) in [7, 11) is 0. The van der Waals surface area contributed by atoms with Gasteiger partial charge in [0.1, 0.15) is 0 Å². The van der Waals surface area contributed by atoms with E-state index in [4.69, 9.17) is 0 Å². The first-order chi connectivity index (χ1) is 12.9. The Kier molecular flexibility index (Phi) is 5.68. The second kappa shape index (κ2) is 7.61. The third-order valence-electron chi connectivity index (χ3n) is 9.71. The van der Waals surface area contributed by atoms with E-state index in [1.165, 1.54) is 57.8 Å². The quantitative estimate of drug-likeness (QED) is 0.652. The maximum absolute atomic E-state index is 11.4. The zero-order valence-corrected chi connectivity index (χ0v) is 18.0. The van der Waals surface area contributed by atoms with Crippen molar-refractivity contribution in [3.63, 3.8) is 0 Å². The monoisotopic (exact) mass is 377 g/mol. The molecule has 0 aromatic carbocycles. The van der Waals surface area contributed by atoms with Crippen molar-refractivity contribution in [1.82, 2.24) is 5.06 Å². The molecule has 7 atom stereocenters.